The molecule has 6 nitrogen and oxygen atoms in total. The largest absolute Gasteiger partial charge is 0.356 e. The molecule has 23 heavy (non-hydrogen) atoms. The second kappa shape index (κ2) is 10.5. The van der Waals surface area contributed by atoms with Crippen molar-refractivity contribution in [1.82, 2.24) is 19.7 Å². The second-order valence-corrected chi connectivity index (χ2v) is 6.17. The highest BCUT2D eigenvalue weighted by Crippen LogP contribution is 2.04. The van der Waals surface area contributed by atoms with Crippen LogP contribution in [0.4, 0.5) is 0 Å². The first kappa shape index (κ1) is 21.8. The van der Waals surface area contributed by atoms with Crippen LogP contribution >= 0.6 is 24.0 Å². The van der Waals surface area contributed by atoms with Crippen LogP contribution in [0.3, 0.4) is 0 Å². The number of nitrogens with zero attached hydrogens (tertiary/aromatic N) is 4. The SMILES string of the molecule is CC(C)CNC(=NCC(=O)N(C)C)N(C)Cc1cccn1C.I. The summed E-state index contributed by atoms with van der Waals surface area (Å²) < 4.78 is 2.08. The molecule has 1 heterocycles. The maximum absolute atomic E-state index is 11.7. The Balaban J connectivity index is 0.00000484. The smallest absolute Gasteiger partial charge is 0.243 e. The number of hydrogen-bond donors (Lipinski definition) is 1. The van der Waals surface area contributed by atoms with Gasteiger partial charge in [0.2, 0.25) is 5.91 Å². The van der Waals surface area contributed by atoms with Crippen molar-refractivity contribution in [3.8, 4) is 0 Å². The van der Waals surface area contributed by atoms with E-state index in [0.29, 0.717) is 5.92 Å². The van der Waals surface area contributed by atoms with Gasteiger partial charge < -0.3 is 19.7 Å². The van der Waals surface area contributed by atoms with Crippen molar-refractivity contribution in [3.05, 3.63) is 24.0 Å². The average Bonchev–Trinajstić information content (AvgIpc) is 2.83. The fourth-order valence-electron chi connectivity index (χ4n) is 1.87. The van der Waals surface area contributed by atoms with Crippen LogP contribution in [0, 0.1) is 5.92 Å². The number of guanidine groups is 1. The minimum Gasteiger partial charge on any atom is -0.356 e. The molecule has 0 atom stereocenters. The van der Waals surface area contributed by atoms with Crippen LogP contribution in [0.25, 0.3) is 0 Å². The summed E-state index contributed by atoms with van der Waals surface area (Å²) in [7, 11) is 7.50. The quantitative estimate of drug-likeness (QED) is 0.421. The molecular weight excluding hydrogens is 405 g/mol. The highest BCUT2D eigenvalue weighted by atomic mass is 127. The maximum Gasteiger partial charge on any atom is 0.243 e. The predicted molar refractivity (Wildman–Crippen MR) is 106 cm³/mol. The van der Waals surface area contributed by atoms with Crippen molar-refractivity contribution in [2.24, 2.45) is 18.0 Å². The molecule has 7 heteroatoms. The third kappa shape index (κ3) is 7.71. The molecule has 0 unspecified atom stereocenters. The van der Waals surface area contributed by atoms with Gasteiger partial charge in [-0.05, 0) is 18.1 Å². The summed E-state index contributed by atoms with van der Waals surface area (Å²) in [4.78, 5) is 19.8. The number of carbonyl (C=O) groups is 1. The predicted octanol–water partition coefficient (Wildman–Crippen LogP) is 1.76. The van der Waals surface area contributed by atoms with Crippen molar-refractivity contribution in [1.29, 1.82) is 0 Å². The summed E-state index contributed by atoms with van der Waals surface area (Å²) in [5.41, 5.74) is 1.19. The van der Waals surface area contributed by atoms with Crippen molar-refractivity contribution >= 4 is 35.8 Å². The number of likely N-dealkylation sites (N-methyl/N-ethyl adjacent to an activating group) is 1. The monoisotopic (exact) mass is 435 g/mol. The molecule has 0 radical (unpaired) electrons. The van der Waals surface area contributed by atoms with E-state index in [0.717, 1.165) is 19.0 Å². The molecule has 1 rings (SSSR count). The fourth-order valence-corrected chi connectivity index (χ4v) is 1.87. The Bertz CT molecular complexity index is 510. The summed E-state index contributed by atoms with van der Waals surface area (Å²) in [6.45, 7) is 6.01. The van der Waals surface area contributed by atoms with E-state index in [1.807, 2.05) is 31.3 Å². The van der Waals surface area contributed by atoms with Gasteiger partial charge in [0.25, 0.3) is 0 Å². The summed E-state index contributed by atoms with van der Waals surface area (Å²) in [6.07, 6.45) is 2.02. The van der Waals surface area contributed by atoms with Gasteiger partial charge >= 0.3 is 0 Å². The number of rotatable bonds is 6. The number of aryl methyl sites for hydroxylation is 1. The van der Waals surface area contributed by atoms with Crippen LogP contribution in [0.15, 0.2) is 23.3 Å². The van der Waals surface area contributed by atoms with Gasteiger partial charge in [-0.15, -0.1) is 24.0 Å². The summed E-state index contributed by atoms with van der Waals surface area (Å²) in [5, 5.41) is 3.34. The van der Waals surface area contributed by atoms with E-state index < -0.39 is 0 Å². The molecule has 1 amide bonds. The topological polar surface area (TPSA) is 52.9 Å². The average molecular weight is 435 g/mol. The summed E-state index contributed by atoms with van der Waals surface area (Å²) >= 11 is 0. The zero-order valence-electron chi connectivity index (χ0n) is 15.0. The lowest BCUT2D eigenvalue weighted by molar-refractivity contribution is -0.127. The van der Waals surface area contributed by atoms with Gasteiger partial charge in [0.15, 0.2) is 5.96 Å². The van der Waals surface area contributed by atoms with E-state index in [-0.39, 0.29) is 36.4 Å². The third-order valence-corrected chi connectivity index (χ3v) is 3.34. The zero-order valence-corrected chi connectivity index (χ0v) is 17.4. The van der Waals surface area contributed by atoms with E-state index in [4.69, 9.17) is 0 Å². The lowest BCUT2D eigenvalue weighted by atomic mass is 10.2. The third-order valence-electron chi connectivity index (χ3n) is 3.34. The number of carbonyl (C=O) groups excluding carboxylic acids is 1. The molecule has 1 N–H and O–H groups in total. The van der Waals surface area contributed by atoms with Crippen LogP contribution in [-0.4, -0.2) is 60.5 Å². The number of nitrogens with one attached hydrogen (secondary N) is 1. The molecule has 0 spiro atoms. The van der Waals surface area contributed by atoms with Crippen LogP contribution in [-0.2, 0) is 18.4 Å². The molecule has 1 aromatic rings. The Kier molecular flexibility index (Phi) is 9.94. The Labute approximate surface area is 157 Å². The highest BCUT2D eigenvalue weighted by Gasteiger charge is 2.11. The Hall–Kier alpha value is -1.25. The van der Waals surface area contributed by atoms with E-state index >= 15 is 0 Å². The number of hydrogen-bond acceptors (Lipinski definition) is 2. The normalized spacial score (nSPS) is 11.2. The number of halogens is 1. The van der Waals surface area contributed by atoms with Crippen molar-refractivity contribution < 1.29 is 4.79 Å². The molecule has 0 fully saturated rings. The van der Waals surface area contributed by atoms with Gasteiger partial charge in [0.05, 0.1) is 6.54 Å². The second-order valence-electron chi connectivity index (χ2n) is 6.17. The lowest BCUT2D eigenvalue weighted by Crippen LogP contribution is -2.41. The van der Waals surface area contributed by atoms with E-state index in [9.17, 15) is 4.79 Å². The van der Waals surface area contributed by atoms with Gasteiger partial charge in [0.1, 0.15) is 6.54 Å². The molecule has 0 aromatic carbocycles. The van der Waals surface area contributed by atoms with E-state index in [1.54, 1.807) is 19.0 Å². The Morgan fingerprint density at radius 1 is 1.35 bits per heavy atom. The van der Waals surface area contributed by atoms with Crippen molar-refractivity contribution in [2.75, 3.05) is 34.2 Å². The standard InChI is InChI=1S/C16H29N5O.HI/c1-13(2)10-17-16(18-11-15(22)19(3)4)21(6)12-14-8-7-9-20(14)5;/h7-9,13H,10-12H2,1-6H3,(H,17,18);1H. The maximum atomic E-state index is 11.7. The van der Waals surface area contributed by atoms with Gasteiger partial charge in [-0.25, -0.2) is 4.99 Å². The zero-order chi connectivity index (χ0) is 16.7. The van der Waals surface area contributed by atoms with Crippen LogP contribution in [0.2, 0.25) is 0 Å². The van der Waals surface area contributed by atoms with Gasteiger partial charge in [-0.1, -0.05) is 13.8 Å². The molecule has 0 aliphatic carbocycles. The minimum atomic E-state index is -0.00360. The molecule has 1 aromatic heterocycles. The minimum absolute atomic E-state index is 0. The molecule has 0 bridgehead atoms. The molecule has 0 aliphatic heterocycles. The van der Waals surface area contributed by atoms with Crippen LogP contribution < -0.4 is 5.32 Å². The first-order valence-electron chi connectivity index (χ1n) is 7.61. The number of amides is 1. The molecule has 0 saturated carbocycles. The van der Waals surface area contributed by atoms with Gasteiger partial charge in [-0.2, -0.15) is 0 Å². The van der Waals surface area contributed by atoms with E-state index in [1.165, 1.54) is 5.69 Å². The summed E-state index contributed by atoms with van der Waals surface area (Å²) in [6, 6.07) is 4.11. The van der Waals surface area contributed by atoms with Crippen molar-refractivity contribution in [2.45, 2.75) is 20.4 Å². The first-order valence-corrected chi connectivity index (χ1v) is 7.61. The van der Waals surface area contributed by atoms with Crippen LogP contribution in [0.5, 0.6) is 0 Å². The summed E-state index contributed by atoms with van der Waals surface area (Å²) in [5.74, 6) is 1.26. The van der Waals surface area contributed by atoms with Gasteiger partial charge in [0, 0.05) is 46.6 Å². The first-order chi connectivity index (χ1) is 10.3. The Morgan fingerprint density at radius 2 is 2.00 bits per heavy atom. The van der Waals surface area contributed by atoms with Crippen molar-refractivity contribution in [3.63, 3.8) is 0 Å². The molecule has 132 valence electrons. The van der Waals surface area contributed by atoms with Crippen LogP contribution in [0.1, 0.15) is 19.5 Å². The fraction of sp³-hybridized carbons (Fsp3) is 0.625. The molecular formula is C16H30IN5O. The van der Waals surface area contributed by atoms with E-state index in [2.05, 4.69) is 34.8 Å². The van der Waals surface area contributed by atoms with Gasteiger partial charge in [-0.3, -0.25) is 4.79 Å². The Morgan fingerprint density at radius 3 is 2.48 bits per heavy atom. The highest BCUT2D eigenvalue weighted by molar-refractivity contribution is 14.0. The number of aromatic nitrogens is 1. The molecule has 0 saturated heterocycles. The number of aliphatic imine (C=N–C) groups is 1. The molecule has 0 aliphatic rings. The lowest BCUT2D eigenvalue weighted by Gasteiger charge is -2.23.